The van der Waals surface area contributed by atoms with E-state index in [2.05, 4.69) is 9.89 Å². The number of aryl methyl sites for hydroxylation is 1. The Balaban J connectivity index is 1.54. The van der Waals surface area contributed by atoms with Gasteiger partial charge in [0.25, 0.3) is 0 Å². The van der Waals surface area contributed by atoms with Crippen molar-refractivity contribution in [1.82, 2.24) is 4.90 Å². The molecule has 240 valence electrons. The van der Waals surface area contributed by atoms with Gasteiger partial charge in [0.15, 0.2) is 0 Å². The highest BCUT2D eigenvalue weighted by Crippen LogP contribution is 2.45. The zero-order chi connectivity index (χ0) is 32.2. The maximum Gasteiger partial charge on any atom is 0.248 e. The smallest absolute Gasteiger partial charge is 0.248 e. The van der Waals surface area contributed by atoms with E-state index >= 15 is 0 Å². The molecule has 0 radical (unpaired) electrons. The summed E-state index contributed by atoms with van der Waals surface area (Å²) in [7, 11) is 0. The summed E-state index contributed by atoms with van der Waals surface area (Å²) >= 11 is 8.21. The van der Waals surface area contributed by atoms with E-state index in [4.69, 9.17) is 21.6 Å². The van der Waals surface area contributed by atoms with Crippen LogP contribution in [0.3, 0.4) is 0 Å². The van der Waals surface area contributed by atoms with Crippen LogP contribution in [0.4, 0.5) is 13.2 Å². The summed E-state index contributed by atoms with van der Waals surface area (Å²) in [6.45, 7) is 6.30. The zero-order valence-corrected chi connectivity index (χ0v) is 27.2. The minimum absolute atomic E-state index is 0.110. The third-order valence-electron chi connectivity index (χ3n) is 8.59. The normalized spacial score (nSPS) is 22.8. The second-order valence-electron chi connectivity index (χ2n) is 12.0. The first-order valence-corrected chi connectivity index (χ1v) is 16.7. The average Bonchev–Trinajstić information content (AvgIpc) is 3.76. The number of aliphatic imine (C=N–C) groups is 3. The number of rotatable bonds is 12. The maximum absolute atomic E-state index is 14.2. The van der Waals surface area contributed by atoms with Gasteiger partial charge < -0.3 is 10.0 Å². The molecule has 2 aromatic rings. The number of carbonyl (C=O) groups excluding carboxylic acids is 1. The number of fused-ring (bicyclic) bond motifs is 1. The van der Waals surface area contributed by atoms with Crippen LogP contribution in [-0.2, 0) is 4.79 Å². The Bertz CT molecular complexity index is 1570. The van der Waals surface area contributed by atoms with Crippen LogP contribution in [0.1, 0.15) is 74.4 Å². The lowest BCUT2D eigenvalue weighted by Crippen LogP contribution is -2.35. The number of thiophene rings is 1. The van der Waals surface area contributed by atoms with Gasteiger partial charge in [0.1, 0.15) is 17.7 Å². The Morgan fingerprint density at radius 2 is 2.04 bits per heavy atom. The van der Waals surface area contributed by atoms with Crippen molar-refractivity contribution in [2.45, 2.75) is 83.9 Å². The Hall–Kier alpha value is -3.08. The van der Waals surface area contributed by atoms with Crippen molar-refractivity contribution >= 4 is 46.6 Å². The highest BCUT2D eigenvalue weighted by molar-refractivity contribution is 7.12. The van der Waals surface area contributed by atoms with Gasteiger partial charge in [0.2, 0.25) is 12.3 Å². The topological polar surface area (TPSA) is 77.6 Å². The Labute approximate surface area is 271 Å². The SMILES string of the molecule is CC[C@@H](O)CCC(C)C(=O)N=C[C@H]1CC2=C(C3=NC(CCC(F)F)C=C3)[C@H](c3ccc(F)cc3Cl)N=C(c3sccc3C)N2C1. The van der Waals surface area contributed by atoms with Gasteiger partial charge >= 0.3 is 0 Å². The van der Waals surface area contributed by atoms with Gasteiger partial charge in [-0.1, -0.05) is 37.6 Å². The van der Waals surface area contributed by atoms with Crippen LogP contribution in [0.15, 0.2) is 68.0 Å². The van der Waals surface area contributed by atoms with E-state index in [-0.39, 0.29) is 41.6 Å². The fourth-order valence-corrected chi connectivity index (χ4v) is 7.13. The summed E-state index contributed by atoms with van der Waals surface area (Å²) in [5, 5.41) is 12.1. The van der Waals surface area contributed by atoms with Crippen molar-refractivity contribution in [1.29, 1.82) is 0 Å². The summed E-state index contributed by atoms with van der Waals surface area (Å²) in [4.78, 5) is 30.4. The summed E-state index contributed by atoms with van der Waals surface area (Å²) < 4.78 is 40.2. The number of amides is 1. The Morgan fingerprint density at radius 3 is 2.73 bits per heavy atom. The fourth-order valence-electron chi connectivity index (χ4n) is 5.93. The molecule has 1 saturated heterocycles. The first-order chi connectivity index (χ1) is 21.5. The fraction of sp³-hybridized carbons (Fsp3) is 0.471. The van der Waals surface area contributed by atoms with Crippen molar-refractivity contribution in [3.63, 3.8) is 0 Å². The van der Waals surface area contributed by atoms with Gasteiger partial charge in [-0.2, -0.15) is 0 Å². The molecule has 1 fully saturated rings. The van der Waals surface area contributed by atoms with Gasteiger partial charge in [-0.25, -0.2) is 18.2 Å². The monoisotopic (exact) mass is 658 g/mol. The summed E-state index contributed by atoms with van der Waals surface area (Å²) in [6, 6.07) is 5.30. The molecule has 1 aromatic heterocycles. The van der Waals surface area contributed by atoms with E-state index in [0.29, 0.717) is 43.5 Å². The number of allylic oxidation sites excluding steroid dienone is 2. The minimum Gasteiger partial charge on any atom is -0.393 e. The molecule has 3 aliphatic rings. The van der Waals surface area contributed by atoms with E-state index in [1.54, 1.807) is 23.6 Å². The summed E-state index contributed by atoms with van der Waals surface area (Å²) in [5.41, 5.74) is 4.06. The molecule has 2 unspecified atom stereocenters. The number of hydrogen-bond acceptors (Lipinski definition) is 6. The van der Waals surface area contributed by atoms with Crippen molar-refractivity contribution in [2.75, 3.05) is 6.54 Å². The van der Waals surface area contributed by atoms with Crippen LogP contribution in [0, 0.1) is 24.6 Å². The molecule has 4 heterocycles. The molecule has 0 bridgehead atoms. The largest absolute Gasteiger partial charge is 0.393 e. The molecule has 1 aromatic carbocycles. The van der Waals surface area contributed by atoms with Crippen molar-refractivity contribution in [3.05, 3.63) is 79.9 Å². The molecule has 0 spiro atoms. The van der Waals surface area contributed by atoms with Gasteiger partial charge in [0, 0.05) is 52.9 Å². The molecule has 3 aliphatic heterocycles. The highest BCUT2D eigenvalue weighted by Gasteiger charge is 2.41. The molecule has 6 nitrogen and oxygen atoms in total. The second-order valence-corrected chi connectivity index (χ2v) is 13.3. The third kappa shape index (κ3) is 7.67. The number of benzene rings is 1. The standard InChI is InChI=1S/C34H38ClF3N4O2S/c1-4-24(43)9-5-20(3)34(44)39-17-21-15-28-30(27-11-7-23(40-27)8-12-29(37)38)31(25-10-6-22(36)16-26(25)35)41-33(42(28)18-21)32-19(2)13-14-45-32/h6-7,10-11,13-14,16-17,20-21,23-24,29,31,43H,4-5,8-9,12,15,18H2,1-3H3/t20?,21-,23?,24-,31+/m1/s1. The van der Waals surface area contributed by atoms with E-state index in [1.807, 2.05) is 44.4 Å². The second kappa shape index (κ2) is 14.6. The average molecular weight is 659 g/mol. The number of amidine groups is 1. The Kier molecular flexibility index (Phi) is 10.8. The molecular formula is C34H38ClF3N4O2S. The van der Waals surface area contributed by atoms with Crippen LogP contribution < -0.4 is 0 Å². The van der Waals surface area contributed by atoms with Crippen LogP contribution in [-0.4, -0.2) is 58.8 Å². The highest BCUT2D eigenvalue weighted by atomic mass is 35.5. The predicted octanol–water partition coefficient (Wildman–Crippen LogP) is 8.14. The quantitative estimate of drug-likeness (QED) is 0.234. The summed E-state index contributed by atoms with van der Waals surface area (Å²) in [5.74, 6) is -0.339. The van der Waals surface area contributed by atoms with Crippen LogP contribution >= 0.6 is 22.9 Å². The predicted molar refractivity (Wildman–Crippen MR) is 175 cm³/mol. The number of aliphatic hydroxyl groups excluding tert-OH is 1. The van der Waals surface area contributed by atoms with Crippen molar-refractivity contribution in [3.8, 4) is 0 Å². The molecular weight excluding hydrogens is 621 g/mol. The zero-order valence-electron chi connectivity index (χ0n) is 25.6. The van der Waals surface area contributed by atoms with E-state index < -0.39 is 24.4 Å². The first-order valence-electron chi connectivity index (χ1n) is 15.4. The lowest BCUT2D eigenvalue weighted by atomic mass is 9.90. The minimum atomic E-state index is -2.41. The first kappa shape index (κ1) is 33.3. The van der Waals surface area contributed by atoms with Gasteiger partial charge in [-0.15, -0.1) is 11.3 Å². The molecule has 1 amide bonds. The number of hydrogen-bond donors (Lipinski definition) is 1. The van der Waals surface area contributed by atoms with Gasteiger partial charge in [-0.05, 0) is 74.2 Å². The van der Waals surface area contributed by atoms with Crippen molar-refractivity contribution in [2.24, 2.45) is 26.8 Å². The van der Waals surface area contributed by atoms with Crippen LogP contribution in [0.25, 0.3) is 0 Å². The maximum atomic E-state index is 14.2. The molecule has 11 heteroatoms. The number of halogens is 4. The molecule has 5 atom stereocenters. The molecule has 0 saturated carbocycles. The van der Waals surface area contributed by atoms with Crippen LogP contribution in [0.5, 0.6) is 0 Å². The number of nitrogens with zero attached hydrogens (tertiary/aromatic N) is 4. The summed E-state index contributed by atoms with van der Waals surface area (Å²) in [6.07, 6.45) is 4.84. The Morgan fingerprint density at radius 1 is 1.24 bits per heavy atom. The lowest BCUT2D eigenvalue weighted by Gasteiger charge is -2.33. The molecule has 45 heavy (non-hydrogen) atoms. The van der Waals surface area contributed by atoms with Crippen LogP contribution in [0.2, 0.25) is 5.02 Å². The number of alkyl halides is 2. The number of carbonyl (C=O) groups is 1. The molecule has 0 aliphatic carbocycles. The molecule has 5 rings (SSSR count). The van der Waals surface area contributed by atoms with Gasteiger partial charge in [-0.3, -0.25) is 14.8 Å². The molecule has 1 N–H and O–H groups in total. The van der Waals surface area contributed by atoms with E-state index in [0.717, 1.165) is 27.5 Å². The van der Waals surface area contributed by atoms with Crippen molar-refractivity contribution < 1.29 is 23.1 Å². The third-order valence-corrected chi connectivity index (χ3v) is 9.93. The van der Waals surface area contributed by atoms with E-state index in [1.165, 1.54) is 12.1 Å². The van der Waals surface area contributed by atoms with E-state index in [9.17, 15) is 23.1 Å². The van der Waals surface area contributed by atoms with Gasteiger partial charge in [0.05, 0.1) is 22.7 Å². The number of aliphatic hydroxyl groups is 1. The lowest BCUT2D eigenvalue weighted by molar-refractivity contribution is -0.121.